The van der Waals surface area contributed by atoms with Gasteiger partial charge in [-0.1, -0.05) is 49.2 Å². The molecule has 0 saturated heterocycles. The maximum atomic E-state index is 8.91. The van der Waals surface area contributed by atoms with Crippen LogP contribution in [-0.2, 0) is 6.54 Å². The summed E-state index contributed by atoms with van der Waals surface area (Å²) in [5.74, 6) is 0. The number of nitrogens with zero attached hydrogens (tertiary/aromatic N) is 2. The first kappa shape index (κ1) is 15.4. The number of hydrogen-bond acceptors (Lipinski definition) is 2. The molecule has 0 radical (unpaired) electrons. The van der Waals surface area contributed by atoms with E-state index in [0.29, 0.717) is 10.6 Å². The van der Waals surface area contributed by atoms with Crippen molar-refractivity contribution in [3.05, 3.63) is 64.7 Å². The van der Waals surface area contributed by atoms with Gasteiger partial charge in [0, 0.05) is 23.8 Å². The van der Waals surface area contributed by atoms with Gasteiger partial charge in [0.2, 0.25) is 0 Å². The van der Waals surface area contributed by atoms with Gasteiger partial charge in [0.15, 0.2) is 0 Å². The Morgan fingerprint density at radius 2 is 1.90 bits per heavy atom. The van der Waals surface area contributed by atoms with Gasteiger partial charge >= 0.3 is 0 Å². The number of benzene rings is 2. The minimum atomic E-state index is 0.601. The topological polar surface area (TPSA) is 27.0 Å². The summed E-state index contributed by atoms with van der Waals surface area (Å²) in [6, 6.07) is 18.0. The number of halogens is 1. The fourth-order valence-corrected chi connectivity index (χ4v) is 2.48. The van der Waals surface area contributed by atoms with Crippen LogP contribution in [0.4, 0.5) is 5.69 Å². The maximum Gasteiger partial charge on any atom is 0.0992 e. The lowest BCUT2D eigenvalue weighted by atomic mass is 10.1. The lowest BCUT2D eigenvalue weighted by Crippen LogP contribution is -2.23. The zero-order valence-electron chi connectivity index (χ0n) is 12.2. The number of para-hydroxylation sites is 1. The first-order valence-corrected chi connectivity index (χ1v) is 7.61. The molecule has 0 spiro atoms. The molecule has 0 N–H and O–H groups in total. The summed E-state index contributed by atoms with van der Waals surface area (Å²) in [7, 11) is 0. The minimum Gasteiger partial charge on any atom is -0.367 e. The van der Waals surface area contributed by atoms with Gasteiger partial charge in [0.05, 0.1) is 11.6 Å². The number of anilines is 1. The second-order valence-electron chi connectivity index (χ2n) is 5.03. The average Bonchev–Trinajstić information content (AvgIpc) is 2.53. The molecule has 0 saturated carbocycles. The van der Waals surface area contributed by atoms with Gasteiger partial charge < -0.3 is 4.90 Å². The molecule has 0 aliphatic heterocycles. The van der Waals surface area contributed by atoms with Crippen LogP contribution < -0.4 is 4.90 Å². The van der Waals surface area contributed by atoms with E-state index >= 15 is 0 Å². The molecule has 0 heterocycles. The van der Waals surface area contributed by atoms with E-state index in [1.54, 1.807) is 6.07 Å². The first-order valence-electron chi connectivity index (χ1n) is 7.23. The smallest absolute Gasteiger partial charge is 0.0992 e. The van der Waals surface area contributed by atoms with Gasteiger partial charge in [0.25, 0.3) is 0 Å². The first-order chi connectivity index (χ1) is 10.2. The summed E-state index contributed by atoms with van der Waals surface area (Å²) < 4.78 is 0. The van der Waals surface area contributed by atoms with Crippen molar-refractivity contribution in [3.63, 3.8) is 0 Å². The molecule has 0 unspecified atom stereocenters. The lowest BCUT2D eigenvalue weighted by Gasteiger charge is -2.25. The fourth-order valence-electron chi connectivity index (χ4n) is 2.24. The van der Waals surface area contributed by atoms with Crippen molar-refractivity contribution in [2.45, 2.75) is 26.3 Å². The third-order valence-corrected chi connectivity index (χ3v) is 3.80. The van der Waals surface area contributed by atoms with Gasteiger partial charge in [0.1, 0.15) is 0 Å². The summed E-state index contributed by atoms with van der Waals surface area (Å²) in [5, 5.41) is 9.57. The lowest BCUT2D eigenvalue weighted by molar-refractivity contribution is 0.716. The number of hydrogen-bond donors (Lipinski definition) is 0. The zero-order chi connectivity index (χ0) is 15.1. The molecule has 0 bridgehead atoms. The summed E-state index contributed by atoms with van der Waals surface area (Å²) in [4.78, 5) is 2.33. The predicted molar refractivity (Wildman–Crippen MR) is 88.6 cm³/mol. The molecule has 0 amide bonds. The van der Waals surface area contributed by atoms with E-state index in [1.807, 2.05) is 18.2 Å². The monoisotopic (exact) mass is 298 g/mol. The van der Waals surface area contributed by atoms with Crippen LogP contribution in [0, 0.1) is 11.3 Å². The maximum absolute atomic E-state index is 8.91. The van der Waals surface area contributed by atoms with Crippen molar-refractivity contribution in [1.82, 2.24) is 0 Å². The molecule has 21 heavy (non-hydrogen) atoms. The molecule has 0 atom stereocenters. The molecule has 108 valence electrons. The third kappa shape index (κ3) is 4.24. The van der Waals surface area contributed by atoms with Crippen LogP contribution in [0.3, 0.4) is 0 Å². The molecule has 2 aromatic carbocycles. The molecule has 3 heteroatoms. The summed E-state index contributed by atoms with van der Waals surface area (Å²) in [5.41, 5.74) is 2.85. The Labute approximate surface area is 131 Å². The van der Waals surface area contributed by atoms with Crippen LogP contribution in [0.2, 0.25) is 5.02 Å². The second-order valence-corrected chi connectivity index (χ2v) is 5.44. The highest BCUT2D eigenvalue weighted by Crippen LogP contribution is 2.23. The zero-order valence-corrected chi connectivity index (χ0v) is 13.0. The average molecular weight is 299 g/mol. The molecule has 0 aliphatic rings. The Balaban J connectivity index is 2.21. The van der Waals surface area contributed by atoms with Gasteiger partial charge in [-0.3, -0.25) is 0 Å². The number of rotatable bonds is 6. The highest BCUT2D eigenvalue weighted by Gasteiger charge is 2.09. The van der Waals surface area contributed by atoms with Gasteiger partial charge in [-0.15, -0.1) is 0 Å². The van der Waals surface area contributed by atoms with E-state index in [0.717, 1.165) is 31.5 Å². The predicted octanol–water partition coefficient (Wildman–Crippen LogP) is 5.02. The normalized spacial score (nSPS) is 10.1. The highest BCUT2D eigenvalue weighted by atomic mass is 35.5. The van der Waals surface area contributed by atoms with E-state index in [4.69, 9.17) is 16.9 Å². The van der Waals surface area contributed by atoms with Gasteiger partial charge in [-0.25, -0.2) is 0 Å². The van der Waals surface area contributed by atoms with Crippen molar-refractivity contribution < 1.29 is 0 Å². The Kier molecular flexibility index (Phi) is 5.66. The quantitative estimate of drug-likeness (QED) is 0.749. The SMILES string of the molecule is CCCCN(Cc1ccc(C#N)cc1Cl)c1ccccc1. The molecule has 0 aliphatic carbocycles. The van der Waals surface area contributed by atoms with E-state index in [-0.39, 0.29) is 0 Å². The Bertz CT molecular complexity index is 617. The summed E-state index contributed by atoms with van der Waals surface area (Å²) in [6.45, 7) is 3.95. The minimum absolute atomic E-state index is 0.601. The molecular weight excluding hydrogens is 280 g/mol. The molecule has 0 aromatic heterocycles. The second kappa shape index (κ2) is 7.71. The fraction of sp³-hybridized carbons (Fsp3) is 0.278. The largest absolute Gasteiger partial charge is 0.367 e. The number of nitriles is 1. The molecule has 2 nitrogen and oxygen atoms in total. The van der Waals surface area contributed by atoms with E-state index in [2.05, 4.69) is 42.2 Å². The van der Waals surface area contributed by atoms with Crippen LogP contribution in [-0.4, -0.2) is 6.54 Å². The van der Waals surface area contributed by atoms with Crippen LogP contribution >= 0.6 is 11.6 Å². The van der Waals surface area contributed by atoms with Crippen LogP contribution in [0.5, 0.6) is 0 Å². The van der Waals surface area contributed by atoms with E-state index in [9.17, 15) is 0 Å². The molecular formula is C18H19ClN2. The standard InChI is InChI=1S/C18H19ClN2/c1-2-3-11-21(17-7-5-4-6-8-17)14-16-10-9-15(13-20)12-18(16)19/h4-10,12H,2-3,11,14H2,1H3. The van der Waals surface area contributed by atoms with Crippen molar-refractivity contribution in [2.75, 3.05) is 11.4 Å². The molecule has 2 aromatic rings. The summed E-state index contributed by atoms with van der Waals surface area (Å²) in [6.07, 6.45) is 2.30. The van der Waals surface area contributed by atoms with Crippen molar-refractivity contribution in [1.29, 1.82) is 5.26 Å². The van der Waals surface area contributed by atoms with Crippen LogP contribution in [0.15, 0.2) is 48.5 Å². The molecule has 2 rings (SSSR count). The van der Waals surface area contributed by atoms with E-state index < -0.39 is 0 Å². The Morgan fingerprint density at radius 3 is 2.52 bits per heavy atom. The van der Waals surface area contributed by atoms with Crippen molar-refractivity contribution in [2.24, 2.45) is 0 Å². The number of unbranched alkanes of at least 4 members (excludes halogenated alkanes) is 1. The molecule has 0 fully saturated rings. The third-order valence-electron chi connectivity index (χ3n) is 3.45. The Hall–Kier alpha value is -1.98. The van der Waals surface area contributed by atoms with Gasteiger partial charge in [-0.05, 0) is 36.2 Å². The Morgan fingerprint density at radius 1 is 1.14 bits per heavy atom. The highest BCUT2D eigenvalue weighted by molar-refractivity contribution is 6.31. The van der Waals surface area contributed by atoms with Crippen LogP contribution in [0.1, 0.15) is 30.9 Å². The van der Waals surface area contributed by atoms with Crippen LogP contribution in [0.25, 0.3) is 0 Å². The van der Waals surface area contributed by atoms with Crippen molar-refractivity contribution >= 4 is 17.3 Å². The van der Waals surface area contributed by atoms with E-state index in [1.165, 1.54) is 5.69 Å². The van der Waals surface area contributed by atoms with Crippen molar-refractivity contribution in [3.8, 4) is 6.07 Å². The van der Waals surface area contributed by atoms with Gasteiger partial charge in [-0.2, -0.15) is 5.26 Å². The summed E-state index contributed by atoms with van der Waals surface area (Å²) >= 11 is 6.30.